The molecule has 0 saturated heterocycles. The van der Waals surface area contributed by atoms with Crippen LogP contribution in [-0.4, -0.2) is 0 Å². The Kier molecular flexibility index (Phi) is 0.519. The molecule has 2 heterocycles. The zero-order valence-corrected chi connectivity index (χ0v) is 4.64. The summed E-state index contributed by atoms with van der Waals surface area (Å²) in [6.07, 6.45) is 0. The number of benzene rings is 1. The Bertz CT molecular complexity index is 206. The van der Waals surface area contributed by atoms with Crippen LogP contribution in [0.1, 0.15) is 5.56 Å². The first-order chi connectivity index (χ1) is 3.84. The smallest absolute Gasteiger partial charge is 0.131 e. The molecular weight excluding hydrogens is 100 g/mol. The maximum atomic E-state index is 5.09. The minimum absolute atomic E-state index is 1.00. The number of fused-ring (bicyclic) bond motifs is 2. The molecule has 0 saturated carbocycles. The first kappa shape index (κ1) is 3.96. The average molecular weight is 106 g/mol. The van der Waals surface area contributed by atoms with Crippen molar-refractivity contribution in [1.29, 1.82) is 0 Å². The highest BCUT2D eigenvalue weighted by molar-refractivity contribution is 5.47. The molecule has 2 bridgehead atoms. The highest BCUT2D eigenvalue weighted by Crippen LogP contribution is 2.35. The van der Waals surface area contributed by atoms with Gasteiger partial charge in [0.25, 0.3) is 0 Å². The van der Waals surface area contributed by atoms with E-state index >= 15 is 0 Å². The third-order valence-electron chi connectivity index (χ3n) is 1.26. The number of aryl methyl sites for hydroxylation is 1. The van der Waals surface area contributed by atoms with Gasteiger partial charge in [-0.2, -0.15) is 0 Å². The van der Waals surface area contributed by atoms with Gasteiger partial charge in [0.15, 0.2) is 0 Å². The van der Waals surface area contributed by atoms with Crippen LogP contribution in [0.25, 0.3) is 0 Å². The largest absolute Gasteiger partial charge is 0.457 e. The molecule has 1 aromatic carbocycles. The third kappa shape index (κ3) is 0.360. The van der Waals surface area contributed by atoms with Crippen molar-refractivity contribution in [1.82, 2.24) is 0 Å². The highest BCUT2D eigenvalue weighted by atomic mass is 16.5. The van der Waals surface area contributed by atoms with Crippen LogP contribution in [0.3, 0.4) is 0 Å². The van der Waals surface area contributed by atoms with Crippen molar-refractivity contribution < 1.29 is 4.74 Å². The standard InChI is InChI=1S/C7H6O/c1-5-2-6-4-7(3-5)8-6/h2-4H,1H3. The van der Waals surface area contributed by atoms with Crippen LogP contribution in [0.15, 0.2) is 18.2 Å². The van der Waals surface area contributed by atoms with Gasteiger partial charge in [-0.3, -0.25) is 0 Å². The van der Waals surface area contributed by atoms with E-state index in [9.17, 15) is 0 Å². The molecule has 1 nitrogen and oxygen atoms in total. The fraction of sp³-hybridized carbons (Fsp3) is 0.143. The first-order valence-electron chi connectivity index (χ1n) is 2.64. The Labute approximate surface area is 47.9 Å². The monoisotopic (exact) mass is 106 g/mol. The molecule has 0 radical (unpaired) electrons. The fourth-order valence-corrected chi connectivity index (χ4v) is 0.910. The zero-order chi connectivity index (χ0) is 5.56. The lowest BCUT2D eigenvalue weighted by Crippen LogP contribution is -1.94. The summed E-state index contributed by atoms with van der Waals surface area (Å²) in [5, 5.41) is 0. The predicted molar refractivity (Wildman–Crippen MR) is 31.3 cm³/mol. The predicted octanol–water partition coefficient (Wildman–Crippen LogP) is 2.10. The minimum atomic E-state index is 1.00. The van der Waals surface area contributed by atoms with Gasteiger partial charge in [-0.15, -0.1) is 0 Å². The van der Waals surface area contributed by atoms with Crippen molar-refractivity contribution >= 4 is 0 Å². The van der Waals surface area contributed by atoms with E-state index in [0.717, 1.165) is 11.5 Å². The first-order valence-corrected chi connectivity index (χ1v) is 2.64. The Morgan fingerprint density at radius 1 is 1.12 bits per heavy atom. The molecule has 0 unspecified atom stereocenters. The quantitative estimate of drug-likeness (QED) is 0.499. The van der Waals surface area contributed by atoms with Crippen molar-refractivity contribution in [2.75, 3.05) is 0 Å². The Hall–Kier alpha value is -0.980. The molecule has 1 aromatic rings. The maximum Gasteiger partial charge on any atom is 0.131 e. The lowest BCUT2D eigenvalue weighted by molar-refractivity contribution is 0.437. The Balaban J connectivity index is 2.69. The highest BCUT2D eigenvalue weighted by Gasteiger charge is 2.09. The number of hydrogen-bond acceptors (Lipinski definition) is 1. The van der Waals surface area contributed by atoms with Crippen molar-refractivity contribution in [2.24, 2.45) is 0 Å². The van der Waals surface area contributed by atoms with Gasteiger partial charge in [-0.1, -0.05) is 0 Å². The summed E-state index contributed by atoms with van der Waals surface area (Å²) in [4.78, 5) is 0. The van der Waals surface area contributed by atoms with Crippen LogP contribution in [0.5, 0.6) is 11.5 Å². The molecule has 2 aliphatic rings. The number of ether oxygens (including phenoxy) is 1. The van der Waals surface area contributed by atoms with Crippen molar-refractivity contribution in [2.45, 2.75) is 6.92 Å². The van der Waals surface area contributed by atoms with Crippen LogP contribution >= 0.6 is 0 Å². The summed E-state index contributed by atoms with van der Waals surface area (Å²) >= 11 is 0. The normalized spacial score (nSPS) is 12.1. The lowest BCUT2D eigenvalue weighted by Gasteiger charge is -2.16. The summed E-state index contributed by atoms with van der Waals surface area (Å²) in [6.45, 7) is 2.06. The SMILES string of the molecule is Cc1cc2cc(c1)O2. The van der Waals surface area contributed by atoms with E-state index in [1.54, 1.807) is 0 Å². The van der Waals surface area contributed by atoms with E-state index in [1.807, 2.05) is 18.2 Å². The molecule has 1 heteroatoms. The van der Waals surface area contributed by atoms with Crippen molar-refractivity contribution in [3.05, 3.63) is 23.8 Å². The van der Waals surface area contributed by atoms with Crippen LogP contribution in [0.4, 0.5) is 0 Å². The molecule has 0 atom stereocenters. The third-order valence-corrected chi connectivity index (χ3v) is 1.26. The minimum Gasteiger partial charge on any atom is -0.457 e. The van der Waals surface area contributed by atoms with E-state index in [0.29, 0.717) is 0 Å². The van der Waals surface area contributed by atoms with Gasteiger partial charge >= 0.3 is 0 Å². The molecule has 0 fully saturated rings. The molecule has 0 aromatic heterocycles. The summed E-state index contributed by atoms with van der Waals surface area (Å²) in [5.41, 5.74) is 1.28. The van der Waals surface area contributed by atoms with Crippen LogP contribution in [0, 0.1) is 6.92 Å². The second-order valence-electron chi connectivity index (χ2n) is 2.08. The van der Waals surface area contributed by atoms with Gasteiger partial charge in [0, 0.05) is 6.07 Å². The van der Waals surface area contributed by atoms with E-state index in [-0.39, 0.29) is 0 Å². The van der Waals surface area contributed by atoms with Gasteiger partial charge in [0.05, 0.1) is 0 Å². The fourth-order valence-electron chi connectivity index (χ4n) is 0.910. The molecule has 0 amide bonds. The zero-order valence-electron chi connectivity index (χ0n) is 4.64. The second kappa shape index (κ2) is 1.05. The van der Waals surface area contributed by atoms with Gasteiger partial charge in [0.1, 0.15) is 11.5 Å². The van der Waals surface area contributed by atoms with Gasteiger partial charge in [-0.05, 0) is 24.6 Å². The molecule has 0 N–H and O–H groups in total. The van der Waals surface area contributed by atoms with E-state index in [4.69, 9.17) is 4.74 Å². The molecular formula is C7H6O. The van der Waals surface area contributed by atoms with E-state index < -0.39 is 0 Å². The van der Waals surface area contributed by atoms with Gasteiger partial charge < -0.3 is 4.74 Å². The molecule has 40 valence electrons. The summed E-state index contributed by atoms with van der Waals surface area (Å²) in [6, 6.07) is 6.06. The molecule has 2 aliphatic heterocycles. The molecule has 0 spiro atoms. The van der Waals surface area contributed by atoms with Gasteiger partial charge in [0.2, 0.25) is 0 Å². The Morgan fingerprint density at radius 2 is 1.62 bits per heavy atom. The number of rotatable bonds is 0. The maximum absolute atomic E-state index is 5.09. The molecule has 3 rings (SSSR count). The lowest BCUT2D eigenvalue weighted by atomic mass is 10.2. The van der Waals surface area contributed by atoms with Crippen LogP contribution in [-0.2, 0) is 0 Å². The average Bonchev–Trinajstić information content (AvgIpc) is 1.62. The Morgan fingerprint density at radius 3 is 1.88 bits per heavy atom. The topological polar surface area (TPSA) is 9.23 Å². The summed E-state index contributed by atoms with van der Waals surface area (Å²) in [7, 11) is 0. The molecule has 0 aliphatic carbocycles. The van der Waals surface area contributed by atoms with E-state index in [2.05, 4.69) is 6.92 Å². The van der Waals surface area contributed by atoms with Crippen molar-refractivity contribution in [3.63, 3.8) is 0 Å². The second-order valence-corrected chi connectivity index (χ2v) is 2.08. The van der Waals surface area contributed by atoms with Crippen LogP contribution in [0.2, 0.25) is 0 Å². The van der Waals surface area contributed by atoms with Crippen LogP contribution < -0.4 is 4.74 Å². The molecule has 8 heavy (non-hydrogen) atoms. The van der Waals surface area contributed by atoms with E-state index in [1.165, 1.54) is 5.56 Å². The summed E-state index contributed by atoms with van der Waals surface area (Å²) < 4.78 is 5.09. The van der Waals surface area contributed by atoms with Crippen molar-refractivity contribution in [3.8, 4) is 11.5 Å². The van der Waals surface area contributed by atoms with Gasteiger partial charge in [-0.25, -0.2) is 0 Å². The number of hydrogen-bond donors (Lipinski definition) is 0. The summed E-state index contributed by atoms with van der Waals surface area (Å²) in [5.74, 6) is 2.00.